The van der Waals surface area contributed by atoms with Crippen LogP contribution in [0.5, 0.6) is 0 Å². The quantitative estimate of drug-likeness (QED) is 0.820. The number of ether oxygens (including phenoxy) is 1. The highest BCUT2D eigenvalue weighted by Crippen LogP contribution is 2.61. The maximum absolute atomic E-state index is 11.0. The molecule has 2 nitrogen and oxygen atoms in total. The molecule has 0 bridgehead atoms. The Morgan fingerprint density at radius 1 is 0.926 bits per heavy atom. The first kappa shape index (κ1) is 17.5. The van der Waals surface area contributed by atoms with Crippen LogP contribution in [-0.2, 0) is 17.8 Å². The van der Waals surface area contributed by atoms with Crippen molar-refractivity contribution in [2.24, 2.45) is 17.3 Å². The molecule has 0 saturated heterocycles. The van der Waals surface area contributed by atoms with E-state index in [1.165, 1.54) is 31.2 Å². The van der Waals surface area contributed by atoms with Gasteiger partial charge in [0, 0.05) is 5.41 Å². The average Bonchev–Trinajstić information content (AvgIpc) is 3.05. The summed E-state index contributed by atoms with van der Waals surface area (Å²) >= 11 is 0. The van der Waals surface area contributed by atoms with Crippen LogP contribution in [0.2, 0.25) is 0 Å². The highest BCUT2D eigenvalue weighted by Gasteiger charge is 2.57. The van der Waals surface area contributed by atoms with Gasteiger partial charge >= 0.3 is 0 Å². The van der Waals surface area contributed by atoms with Gasteiger partial charge in [-0.1, -0.05) is 54.6 Å². The zero-order valence-electron chi connectivity index (χ0n) is 16.0. The molecule has 3 aliphatic carbocycles. The Balaban J connectivity index is 1.35. The Bertz CT molecular complexity index is 786. The van der Waals surface area contributed by atoms with Crippen molar-refractivity contribution >= 4 is 0 Å². The summed E-state index contributed by atoms with van der Waals surface area (Å²) in [6.45, 7) is 1.36. The van der Waals surface area contributed by atoms with Gasteiger partial charge in [0.15, 0.2) is 0 Å². The lowest BCUT2D eigenvalue weighted by molar-refractivity contribution is -0.0947. The van der Waals surface area contributed by atoms with E-state index in [1.54, 1.807) is 11.1 Å². The van der Waals surface area contributed by atoms with Crippen LogP contribution in [0.15, 0.2) is 54.6 Å². The summed E-state index contributed by atoms with van der Waals surface area (Å²) in [5, 5.41) is 11.0. The van der Waals surface area contributed by atoms with Crippen LogP contribution in [0.1, 0.15) is 54.7 Å². The standard InChI is InChI=1S/C25H30O2/c26-24-13-12-23-22-11-10-19-8-4-5-9-20(19)21(22)14-15-25(23,24)17-27-16-18-6-2-1-3-7-18/h1-9,21-24,26H,10-17H2/t21-,22-,23+,24+,25-/m1/s1. The number of aliphatic hydroxyl groups excluding tert-OH is 1. The number of benzene rings is 2. The van der Waals surface area contributed by atoms with Gasteiger partial charge in [-0.3, -0.25) is 0 Å². The van der Waals surface area contributed by atoms with Crippen LogP contribution in [0.4, 0.5) is 0 Å². The SMILES string of the molecule is O[C@H]1CC[C@H]2[C@@H]3CCc4ccccc4[C@H]3CC[C@]12COCc1ccccc1. The largest absolute Gasteiger partial charge is 0.392 e. The first-order valence-electron chi connectivity index (χ1n) is 10.7. The topological polar surface area (TPSA) is 29.5 Å². The van der Waals surface area contributed by atoms with E-state index < -0.39 is 0 Å². The molecular formula is C25H30O2. The van der Waals surface area contributed by atoms with E-state index in [4.69, 9.17) is 4.74 Å². The van der Waals surface area contributed by atoms with Gasteiger partial charge in [-0.05, 0) is 73.0 Å². The van der Waals surface area contributed by atoms with Gasteiger partial charge in [0.1, 0.15) is 0 Å². The molecule has 2 saturated carbocycles. The van der Waals surface area contributed by atoms with E-state index in [2.05, 4.69) is 48.5 Å². The van der Waals surface area contributed by atoms with Crippen molar-refractivity contribution < 1.29 is 9.84 Å². The maximum atomic E-state index is 11.0. The van der Waals surface area contributed by atoms with Crippen LogP contribution >= 0.6 is 0 Å². The van der Waals surface area contributed by atoms with Gasteiger partial charge in [0.05, 0.1) is 19.3 Å². The lowest BCUT2D eigenvalue weighted by Gasteiger charge is -2.51. The zero-order chi connectivity index (χ0) is 18.3. The molecule has 0 amide bonds. The molecule has 2 aromatic rings. The molecule has 3 aliphatic rings. The molecule has 0 heterocycles. The van der Waals surface area contributed by atoms with Crippen LogP contribution in [0, 0.1) is 17.3 Å². The van der Waals surface area contributed by atoms with Gasteiger partial charge in [0.2, 0.25) is 0 Å². The molecule has 0 unspecified atom stereocenters. The molecule has 27 heavy (non-hydrogen) atoms. The lowest BCUT2D eigenvalue weighted by Crippen LogP contribution is -2.48. The van der Waals surface area contributed by atoms with Crippen molar-refractivity contribution in [3.8, 4) is 0 Å². The van der Waals surface area contributed by atoms with Crippen molar-refractivity contribution in [2.45, 2.75) is 57.2 Å². The van der Waals surface area contributed by atoms with Crippen molar-refractivity contribution in [3.05, 3.63) is 71.3 Å². The number of aryl methyl sites for hydroxylation is 1. The molecule has 5 rings (SSSR count). The third-order valence-corrected chi connectivity index (χ3v) is 7.79. The minimum absolute atomic E-state index is 0.0256. The summed E-state index contributed by atoms with van der Waals surface area (Å²) in [6, 6.07) is 19.5. The Morgan fingerprint density at radius 3 is 2.63 bits per heavy atom. The van der Waals surface area contributed by atoms with Crippen molar-refractivity contribution in [2.75, 3.05) is 6.61 Å². The predicted molar refractivity (Wildman–Crippen MR) is 107 cm³/mol. The molecule has 142 valence electrons. The van der Waals surface area contributed by atoms with Gasteiger partial charge in [-0.25, -0.2) is 0 Å². The van der Waals surface area contributed by atoms with Gasteiger partial charge < -0.3 is 9.84 Å². The minimum Gasteiger partial charge on any atom is -0.392 e. The normalized spacial score (nSPS) is 34.6. The molecule has 5 atom stereocenters. The number of aliphatic hydroxyl groups is 1. The van der Waals surface area contributed by atoms with Crippen molar-refractivity contribution in [1.29, 1.82) is 0 Å². The van der Waals surface area contributed by atoms with Crippen LogP contribution in [-0.4, -0.2) is 17.8 Å². The lowest BCUT2D eigenvalue weighted by atomic mass is 9.55. The summed E-state index contributed by atoms with van der Waals surface area (Å²) in [5.74, 6) is 2.01. The van der Waals surface area contributed by atoms with Gasteiger partial charge in [0.25, 0.3) is 0 Å². The van der Waals surface area contributed by atoms with Crippen molar-refractivity contribution in [1.82, 2.24) is 0 Å². The number of fused-ring (bicyclic) bond motifs is 5. The summed E-state index contributed by atoms with van der Waals surface area (Å²) in [5.41, 5.74) is 4.35. The predicted octanol–water partition coefficient (Wildman–Crippen LogP) is 5.10. The fourth-order valence-electron chi connectivity index (χ4n) is 6.51. The molecule has 0 aliphatic heterocycles. The highest BCUT2D eigenvalue weighted by atomic mass is 16.5. The van der Waals surface area contributed by atoms with Gasteiger partial charge in [-0.15, -0.1) is 0 Å². The van der Waals surface area contributed by atoms with E-state index in [0.717, 1.165) is 12.8 Å². The van der Waals surface area contributed by atoms with Crippen molar-refractivity contribution in [3.63, 3.8) is 0 Å². The first-order chi connectivity index (χ1) is 13.3. The third-order valence-electron chi connectivity index (χ3n) is 7.79. The number of hydrogen-bond donors (Lipinski definition) is 1. The summed E-state index contributed by atoms with van der Waals surface area (Å²) in [4.78, 5) is 0. The maximum Gasteiger partial charge on any atom is 0.0717 e. The average molecular weight is 363 g/mol. The second kappa shape index (κ2) is 7.07. The zero-order valence-corrected chi connectivity index (χ0v) is 16.0. The fraction of sp³-hybridized carbons (Fsp3) is 0.520. The molecular weight excluding hydrogens is 332 g/mol. The molecule has 2 aromatic carbocycles. The third kappa shape index (κ3) is 2.94. The number of rotatable bonds is 4. The molecule has 0 spiro atoms. The number of hydrogen-bond acceptors (Lipinski definition) is 2. The smallest absolute Gasteiger partial charge is 0.0717 e. The molecule has 0 aromatic heterocycles. The highest BCUT2D eigenvalue weighted by molar-refractivity contribution is 5.35. The monoisotopic (exact) mass is 362 g/mol. The Kier molecular flexibility index (Phi) is 4.57. The molecule has 2 fully saturated rings. The van der Waals surface area contributed by atoms with Crippen LogP contribution < -0.4 is 0 Å². The van der Waals surface area contributed by atoms with Gasteiger partial charge in [-0.2, -0.15) is 0 Å². The van der Waals surface area contributed by atoms with E-state index >= 15 is 0 Å². The van der Waals surface area contributed by atoms with E-state index in [1.807, 2.05) is 6.07 Å². The van der Waals surface area contributed by atoms with E-state index in [9.17, 15) is 5.11 Å². The molecule has 1 N–H and O–H groups in total. The Morgan fingerprint density at radius 2 is 1.74 bits per heavy atom. The van der Waals surface area contributed by atoms with Crippen LogP contribution in [0.3, 0.4) is 0 Å². The van der Waals surface area contributed by atoms with Crippen LogP contribution in [0.25, 0.3) is 0 Å². The van der Waals surface area contributed by atoms with E-state index in [-0.39, 0.29) is 11.5 Å². The summed E-state index contributed by atoms with van der Waals surface area (Å²) in [6.07, 6.45) is 6.69. The first-order valence-corrected chi connectivity index (χ1v) is 10.7. The second-order valence-electron chi connectivity index (χ2n) is 8.96. The fourth-order valence-corrected chi connectivity index (χ4v) is 6.51. The Labute approximate surface area is 162 Å². The second-order valence-corrected chi connectivity index (χ2v) is 8.96. The summed E-state index contributed by atoms with van der Waals surface area (Å²) < 4.78 is 6.22. The minimum atomic E-state index is -0.198. The molecule has 0 radical (unpaired) electrons. The summed E-state index contributed by atoms with van der Waals surface area (Å²) in [7, 11) is 0. The Hall–Kier alpha value is -1.64. The molecule has 2 heteroatoms. The van der Waals surface area contributed by atoms with E-state index in [0.29, 0.717) is 31.0 Å².